The molecule has 0 aliphatic rings. The number of hydrogen-bond donors (Lipinski definition) is 2. The molecule has 0 saturated heterocycles. The van der Waals surface area contributed by atoms with Crippen LogP contribution in [0.25, 0.3) is 0 Å². The monoisotopic (exact) mass is 200 g/mol. The topological polar surface area (TPSA) is 40.5 Å². The van der Waals surface area contributed by atoms with Crippen LogP contribution in [0.5, 0.6) is 0 Å². The van der Waals surface area contributed by atoms with Crippen LogP contribution >= 0.6 is 0 Å². The van der Waals surface area contributed by atoms with E-state index >= 15 is 0 Å². The normalized spacial score (nSPS) is 12.2. The van der Waals surface area contributed by atoms with Crippen molar-refractivity contribution in [2.75, 3.05) is 0 Å². The average molecular weight is 200 g/mol. The summed E-state index contributed by atoms with van der Waals surface area (Å²) in [7, 11) is 0. The average Bonchev–Trinajstić information content (AvgIpc) is 2.26. The molecular formula is C13H12O2. The summed E-state index contributed by atoms with van der Waals surface area (Å²) < 4.78 is 0. The zero-order valence-corrected chi connectivity index (χ0v) is 8.49. The van der Waals surface area contributed by atoms with E-state index in [0.717, 1.165) is 0 Å². The molecule has 0 unspecified atom stereocenters. The molecule has 15 heavy (non-hydrogen) atoms. The van der Waals surface area contributed by atoms with Crippen LogP contribution in [0.1, 0.15) is 6.92 Å². The van der Waals surface area contributed by atoms with Gasteiger partial charge in [0.05, 0.1) is 0 Å². The van der Waals surface area contributed by atoms with Crippen molar-refractivity contribution in [1.29, 1.82) is 0 Å². The van der Waals surface area contributed by atoms with Crippen LogP contribution in [0.4, 0.5) is 0 Å². The van der Waals surface area contributed by atoms with E-state index in [1.807, 2.05) is 0 Å². The van der Waals surface area contributed by atoms with E-state index in [4.69, 9.17) is 5.11 Å². The van der Waals surface area contributed by atoms with Crippen molar-refractivity contribution in [3.05, 3.63) is 24.8 Å². The van der Waals surface area contributed by atoms with Gasteiger partial charge in [0, 0.05) is 0 Å². The zero-order valence-electron chi connectivity index (χ0n) is 8.49. The van der Waals surface area contributed by atoms with Crippen LogP contribution in [0, 0.1) is 35.5 Å². The van der Waals surface area contributed by atoms with Crippen LogP contribution in [0.15, 0.2) is 24.8 Å². The Balaban J connectivity index is 4.14. The Morgan fingerprint density at radius 1 is 1.07 bits per heavy atom. The highest BCUT2D eigenvalue weighted by Gasteiger charge is 2.06. The summed E-state index contributed by atoms with van der Waals surface area (Å²) in [5, 5.41) is 18.3. The van der Waals surface area contributed by atoms with Crippen LogP contribution < -0.4 is 0 Å². The van der Waals surface area contributed by atoms with Gasteiger partial charge in [0.15, 0.2) is 0 Å². The third-order valence-corrected chi connectivity index (χ3v) is 1.35. The van der Waals surface area contributed by atoms with Gasteiger partial charge in [-0.25, -0.2) is 0 Å². The third-order valence-electron chi connectivity index (χ3n) is 1.35. The predicted molar refractivity (Wildman–Crippen MR) is 60.4 cm³/mol. The molecule has 0 aliphatic carbocycles. The molecule has 0 aromatic rings. The van der Waals surface area contributed by atoms with Gasteiger partial charge in [0.1, 0.15) is 12.2 Å². The molecular weight excluding hydrogens is 188 g/mol. The fourth-order valence-corrected chi connectivity index (χ4v) is 0.603. The molecule has 2 atom stereocenters. The molecule has 76 valence electrons. The Morgan fingerprint density at radius 3 is 2.33 bits per heavy atom. The Labute approximate surface area is 90.3 Å². The predicted octanol–water partition coefficient (Wildman–Crippen LogP) is 0.480. The van der Waals surface area contributed by atoms with Crippen molar-refractivity contribution < 1.29 is 10.2 Å². The Morgan fingerprint density at radius 2 is 1.73 bits per heavy atom. The van der Waals surface area contributed by atoms with Crippen molar-refractivity contribution >= 4 is 0 Å². The molecule has 0 aromatic heterocycles. The standard InChI is InChI=1S/C13H12O2/c1-3-5-6-7-8-9-10-11-13(15)12(14)4-2/h4,10-15H,2H2,1H3/b11-10+/t12-,13-/m1/s1. The van der Waals surface area contributed by atoms with Gasteiger partial charge in [-0.15, -0.1) is 6.58 Å². The van der Waals surface area contributed by atoms with Crippen LogP contribution in [0.3, 0.4) is 0 Å². The van der Waals surface area contributed by atoms with Crippen molar-refractivity contribution in [2.45, 2.75) is 19.1 Å². The molecule has 2 N–H and O–H groups in total. The lowest BCUT2D eigenvalue weighted by atomic mass is 10.2. The summed E-state index contributed by atoms with van der Waals surface area (Å²) in [6, 6.07) is 0. The quantitative estimate of drug-likeness (QED) is 0.514. The largest absolute Gasteiger partial charge is 0.386 e. The molecule has 0 saturated carbocycles. The smallest absolute Gasteiger partial charge is 0.102 e. The Kier molecular flexibility index (Phi) is 7.56. The van der Waals surface area contributed by atoms with Crippen LogP contribution in [-0.4, -0.2) is 22.4 Å². The molecule has 2 heteroatoms. The first-order chi connectivity index (χ1) is 7.22. The molecule has 0 aromatic carbocycles. The molecule has 0 heterocycles. The number of rotatable bonds is 3. The lowest BCUT2D eigenvalue weighted by Gasteiger charge is -2.07. The van der Waals surface area contributed by atoms with E-state index in [1.165, 1.54) is 18.2 Å². The summed E-state index contributed by atoms with van der Waals surface area (Å²) in [4.78, 5) is 0. The highest BCUT2D eigenvalue weighted by atomic mass is 16.3. The number of hydrogen-bond acceptors (Lipinski definition) is 2. The summed E-state index contributed by atoms with van der Waals surface area (Å²) in [6.07, 6.45) is 2.08. The first-order valence-electron chi connectivity index (χ1n) is 4.30. The van der Waals surface area contributed by atoms with E-state index in [-0.39, 0.29) is 0 Å². The minimum absolute atomic E-state index is 0.972. The molecule has 0 spiro atoms. The maximum absolute atomic E-state index is 9.22. The first-order valence-corrected chi connectivity index (χ1v) is 4.30. The highest BCUT2D eigenvalue weighted by molar-refractivity contribution is 5.37. The highest BCUT2D eigenvalue weighted by Crippen LogP contribution is 1.95. The fourth-order valence-electron chi connectivity index (χ4n) is 0.603. The second kappa shape index (κ2) is 8.67. The number of aliphatic hydroxyl groups is 2. The fraction of sp³-hybridized carbons (Fsp3) is 0.231. The van der Waals surface area contributed by atoms with Crippen molar-refractivity contribution in [2.24, 2.45) is 0 Å². The second-order valence-corrected chi connectivity index (χ2v) is 2.47. The number of aliphatic hydroxyl groups excluding tert-OH is 2. The van der Waals surface area contributed by atoms with E-state index in [1.54, 1.807) is 6.92 Å². The van der Waals surface area contributed by atoms with E-state index in [2.05, 4.69) is 42.1 Å². The first kappa shape index (κ1) is 13.1. The molecule has 0 bridgehead atoms. The van der Waals surface area contributed by atoms with Gasteiger partial charge in [-0.2, -0.15) is 0 Å². The summed E-state index contributed by atoms with van der Waals surface area (Å²) in [5.74, 6) is 15.2. The van der Waals surface area contributed by atoms with Crippen LogP contribution in [-0.2, 0) is 0 Å². The summed E-state index contributed by atoms with van der Waals surface area (Å²) in [5.41, 5.74) is 0. The maximum atomic E-state index is 9.22. The van der Waals surface area contributed by atoms with Gasteiger partial charge in [-0.05, 0) is 42.8 Å². The van der Waals surface area contributed by atoms with E-state index < -0.39 is 12.2 Å². The van der Waals surface area contributed by atoms with Gasteiger partial charge >= 0.3 is 0 Å². The third kappa shape index (κ3) is 7.17. The van der Waals surface area contributed by atoms with Crippen molar-refractivity contribution in [3.8, 4) is 35.5 Å². The van der Waals surface area contributed by atoms with Gasteiger partial charge in [0.25, 0.3) is 0 Å². The molecule has 2 nitrogen and oxygen atoms in total. The lowest BCUT2D eigenvalue weighted by molar-refractivity contribution is 0.0811. The van der Waals surface area contributed by atoms with Gasteiger partial charge in [0.2, 0.25) is 0 Å². The van der Waals surface area contributed by atoms with Gasteiger partial charge < -0.3 is 10.2 Å². The van der Waals surface area contributed by atoms with E-state index in [0.29, 0.717) is 0 Å². The molecule has 0 aliphatic heterocycles. The molecule has 0 radical (unpaired) electrons. The minimum Gasteiger partial charge on any atom is -0.386 e. The molecule has 0 rings (SSSR count). The van der Waals surface area contributed by atoms with Gasteiger partial charge in [-0.1, -0.05) is 17.9 Å². The Hall–Kier alpha value is -1.92. The maximum Gasteiger partial charge on any atom is 0.102 e. The zero-order chi connectivity index (χ0) is 11.5. The SMILES string of the molecule is C=C[C@@H](O)[C@H](O)/C=C/C#CC#CC#CC. The lowest BCUT2D eigenvalue weighted by Crippen LogP contribution is -2.20. The Bertz CT molecular complexity index is 399. The number of allylic oxidation sites excluding steroid dienone is 1. The summed E-state index contributed by atoms with van der Waals surface area (Å²) in [6.45, 7) is 5.03. The van der Waals surface area contributed by atoms with Gasteiger partial charge in [-0.3, -0.25) is 0 Å². The molecule has 0 amide bonds. The minimum atomic E-state index is -0.986. The summed E-state index contributed by atoms with van der Waals surface area (Å²) >= 11 is 0. The second-order valence-electron chi connectivity index (χ2n) is 2.47. The van der Waals surface area contributed by atoms with Crippen LogP contribution in [0.2, 0.25) is 0 Å². The van der Waals surface area contributed by atoms with E-state index in [9.17, 15) is 5.11 Å². The van der Waals surface area contributed by atoms with Crippen molar-refractivity contribution in [1.82, 2.24) is 0 Å². The molecule has 0 fully saturated rings. The van der Waals surface area contributed by atoms with Crippen molar-refractivity contribution in [3.63, 3.8) is 0 Å².